The second-order valence-electron chi connectivity index (χ2n) is 4.09. The van der Waals surface area contributed by atoms with Gasteiger partial charge >= 0.3 is 16.2 Å². The Morgan fingerprint density at radius 1 is 1.35 bits per heavy atom. The zero-order chi connectivity index (χ0) is 14.8. The lowest BCUT2D eigenvalue weighted by molar-refractivity contribution is 0.0696. The van der Waals surface area contributed by atoms with Crippen LogP contribution in [0.4, 0.5) is 5.69 Å². The number of carboxylic acids is 1. The molecule has 0 atom stereocenters. The quantitative estimate of drug-likeness (QED) is 0.834. The maximum atomic E-state index is 12.2. The van der Waals surface area contributed by atoms with Crippen molar-refractivity contribution in [1.29, 1.82) is 0 Å². The summed E-state index contributed by atoms with van der Waals surface area (Å²) < 4.78 is 33.3. The minimum Gasteiger partial charge on any atom is -0.478 e. The minimum atomic E-state index is -3.79. The molecule has 2 rings (SSSR count). The molecule has 0 aliphatic carbocycles. The number of benzene rings is 1. The van der Waals surface area contributed by atoms with E-state index in [2.05, 4.69) is 20.7 Å². The Morgan fingerprint density at radius 2 is 2.00 bits per heavy atom. The third kappa shape index (κ3) is 3.29. The first-order valence-corrected chi connectivity index (χ1v) is 8.02. The van der Waals surface area contributed by atoms with E-state index < -0.39 is 16.2 Å². The second kappa shape index (κ2) is 6.08. The zero-order valence-electron chi connectivity index (χ0n) is 10.4. The lowest BCUT2D eigenvalue weighted by Crippen LogP contribution is -2.43. The summed E-state index contributed by atoms with van der Waals surface area (Å²) in [6, 6.07) is 4.51. The van der Waals surface area contributed by atoms with E-state index >= 15 is 0 Å². The Balaban J connectivity index is 2.29. The van der Waals surface area contributed by atoms with Gasteiger partial charge in [-0.1, -0.05) is 6.07 Å². The molecule has 0 spiro atoms. The summed E-state index contributed by atoms with van der Waals surface area (Å²) in [5.74, 6) is -1.21. The van der Waals surface area contributed by atoms with Crippen molar-refractivity contribution in [3.05, 3.63) is 28.2 Å². The fourth-order valence-electron chi connectivity index (χ4n) is 1.82. The van der Waals surface area contributed by atoms with E-state index in [-0.39, 0.29) is 24.3 Å². The van der Waals surface area contributed by atoms with Gasteiger partial charge in [0.25, 0.3) is 0 Å². The van der Waals surface area contributed by atoms with E-state index in [1.54, 1.807) is 6.07 Å². The smallest absolute Gasteiger partial charge is 0.338 e. The summed E-state index contributed by atoms with van der Waals surface area (Å²) in [6.07, 6.45) is 0. The van der Waals surface area contributed by atoms with Crippen LogP contribution in [0.5, 0.6) is 0 Å². The Labute approximate surface area is 124 Å². The molecular formula is C11H13BrN2O5S. The van der Waals surface area contributed by atoms with Gasteiger partial charge in [-0.25, -0.2) is 4.79 Å². The zero-order valence-corrected chi connectivity index (χ0v) is 12.8. The van der Waals surface area contributed by atoms with Crippen molar-refractivity contribution in [3.63, 3.8) is 0 Å². The molecule has 2 N–H and O–H groups in total. The molecule has 1 fully saturated rings. The topological polar surface area (TPSA) is 95.9 Å². The summed E-state index contributed by atoms with van der Waals surface area (Å²) >= 11 is 3.10. The molecule has 1 aliphatic rings. The first-order chi connectivity index (χ1) is 9.42. The number of hydrogen-bond acceptors (Lipinski definition) is 4. The number of ether oxygens (including phenoxy) is 1. The lowest BCUT2D eigenvalue weighted by Gasteiger charge is -2.26. The molecule has 110 valence electrons. The van der Waals surface area contributed by atoms with Crippen LogP contribution in [0.25, 0.3) is 0 Å². The number of anilines is 1. The van der Waals surface area contributed by atoms with Gasteiger partial charge in [0.15, 0.2) is 0 Å². The van der Waals surface area contributed by atoms with Gasteiger partial charge in [-0.2, -0.15) is 12.7 Å². The Kier molecular flexibility index (Phi) is 4.63. The number of rotatable bonds is 4. The SMILES string of the molecule is O=C(O)c1c(Br)cccc1NS(=O)(=O)N1CCOCC1. The molecule has 1 saturated heterocycles. The highest BCUT2D eigenvalue weighted by Crippen LogP contribution is 2.26. The molecule has 0 aromatic heterocycles. The number of carboxylic acid groups (broad SMARTS) is 1. The van der Waals surface area contributed by atoms with E-state index in [0.29, 0.717) is 17.7 Å². The van der Waals surface area contributed by atoms with Gasteiger partial charge in [0.05, 0.1) is 24.5 Å². The fraction of sp³-hybridized carbons (Fsp3) is 0.364. The Bertz CT molecular complexity index is 613. The monoisotopic (exact) mass is 364 g/mol. The van der Waals surface area contributed by atoms with Crippen molar-refractivity contribution in [2.75, 3.05) is 31.0 Å². The third-order valence-corrected chi connectivity index (χ3v) is 4.96. The van der Waals surface area contributed by atoms with Gasteiger partial charge in [-0.05, 0) is 28.1 Å². The highest BCUT2D eigenvalue weighted by molar-refractivity contribution is 9.10. The molecule has 0 bridgehead atoms. The summed E-state index contributed by atoms with van der Waals surface area (Å²) in [5, 5.41) is 9.16. The molecule has 0 amide bonds. The highest BCUT2D eigenvalue weighted by atomic mass is 79.9. The largest absolute Gasteiger partial charge is 0.478 e. The normalized spacial score (nSPS) is 16.9. The van der Waals surface area contributed by atoms with Crippen LogP contribution in [0, 0.1) is 0 Å². The maximum Gasteiger partial charge on any atom is 0.338 e. The summed E-state index contributed by atoms with van der Waals surface area (Å²) in [6.45, 7) is 1.13. The molecule has 1 heterocycles. The van der Waals surface area contributed by atoms with Crippen molar-refractivity contribution < 1.29 is 23.1 Å². The number of morpholine rings is 1. The number of aromatic carboxylic acids is 1. The van der Waals surface area contributed by atoms with E-state index in [1.807, 2.05) is 0 Å². The molecule has 0 unspecified atom stereocenters. The molecular weight excluding hydrogens is 352 g/mol. The molecule has 7 nitrogen and oxygen atoms in total. The van der Waals surface area contributed by atoms with Crippen molar-refractivity contribution in [3.8, 4) is 0 Å². The molecule has 0 radical (unpaired) electrons. The van der Waals surface area contributed by atoms with Crippen molar-refractivity contribution in [1.82, 2.24) is 4.31 Å². The number of nitrogens with zero attached hydrogens (tertiary/aromatic N) is 1. The Morgan fingerprint density at radius 3 is 2.60 bits per heavy atom. The van der Waals surface area contributed by atoms with Crippen LogP contribution < -0.4 is 4.72 Å². The molecule has 1 aromatic rings. The van der Waals surface area contributed by atoms with Gasteiger partial charge in [-0.3, -0.25) is 4.72 Å². The predicted octanol–water partition coefficient (Wildman–Crippen LogP) is 1.14. The summed E-state index contributed by atoms with van der Waals surface area (Å²) in [5.41, 5.74) is -0.0947. The highest BCUT2D eigenvalue weighted by Gasteiger charge is 2.26. The van der Waals surface area contributed by atoms with Gasteiger partial charge in [-0.15, -0.1) is 0 Å². The average Bonchev–Trinajstić information content (AvgIpc) is 2.39. The van der Waals surface area contributed by atoms with Crippen LogP contribution in [0.1, 0.15) is 10.4 Å². The number of nitrogens with one attached hydrogen (secondary N) is 1. The van der Waals surface area contributed by atoms with E-state index in [1.165, 1.54) is 16.4 Å². The average molecular weight is 365 g/mol. The maximum absolute atomic E-state index is 12.2. The van der Waals surface area contributed by atoms with Crippen molar-refractivity contribution in [2.24, 2.45) is 0 Å². The molecule has 20 heavy (non-hydrogen) atoms. The minimum absolute atomic E-state index is 0.0263. The van der Waals surface area contributed by atoms with Crippen LogP contribution in [-0.4, -0.2) is 50.1 Å². The first kappa shape index (κ1) is 15.2. The van der Waals surface area contributed by atoms with Crippen molar-refractivity contribution >= 4 is 37.8 Å². The molecule has 1 aromatic carbocycles. The van der Waals surface area contributed by atoms with Crippen LogP contribution in [0.2, 0.25) is 0 Å². The molecule has 0 saturated carbocycles. The van der Waals surface area contributed by atoms with Crippen LogP contribution >= 0.6 is 15.9 Å². The first-order valence-electron chi connectivity index (χ1n) is 5.79. The molecule has 9 heteroatoms. The van der Waals surface area contributed by atoms with Gasteiger partial charge in [0, 0.05) is 17.6 Å². The van der Waals surface area contributed by atoms with E-state index in [0.717, 1.165) is 0 Å². The number of hydrogen-bond donors (Lipinski definition) is 2. The predicted molar refractivity (Wildman–Crippen MR) is 76.0 cm³/mol. The Hall–Kier alpha value is -1.16. The summed E-state index contributed by atoms with van der Waals surface area (Å²) in [7, 11) is -3.79. The van der Waals surface area contributed by atoms with E-state index in [4.69, 9.17) is 9.84 Å². The van der Waals surface area contributed by atoms with Gasteiger partial charge in [0.1, 0.15) is 0 Å². The molecule has 1 aliphatic heterocycles. The second-order valence-corrected chi connectivity index (χ2v) is 6.61. The summed E-state index contributed by atoms with van der Waals surface area (Å²) in [4.78, 5) is 11.2. The number of halogens is 1. The van der Waals surface area contributed by atoms with Gasteiger partial charge in [0.2, 0.25) is 0 Å². The van der Waals surface area contributed by atoms with E-state index in [9.17, 15) is 13.2 Å². The fourth-order valence-corrected chi connectivity index (χ4v) is 3.56. The lowest BCUT2D eigenvalue weighted by atomic mass is 10.2. The van der Waals surface area contributed by atoms with Crippen molar-refractivity contribution in [2.45, 2.75) is 0 Å². The standard InChI is InChI=1S/C11H13BrN2O5S/c12-8-2-1-3-9(10(8)11(15)16)13-20(17,18)14-4-6-19-7-5-14/h1-3,13H,4-7H2,(H,15,16). The van der Waals surface area contributed by atoms with Crippen LogP contribution in [0.3, 0.4) is 0 Å². The van der Waals surface area contributed by atoms with Gasteiger partial charge < -0.3 is 9.84 Å². The van der Waals surface area contributed by atoms with Crippen LogP contribution in [-0.2, 0) is 14.9 Å². The number of carbonyl (C=O) groups is 1. The third-order valence-electron chi connectivity index (χ3n) is 2.78. The van der Waals surface area contributed by atoms with Crippen LogP contribution in [0.15, 0.2) is 22.7 Å².